The van der Waals surface area contributed by atoms with Gasteiger partial charge in [0.1, 0.15) is 17.1 Å². The van der Waals surface area contributed by atoms with E-state index in [2.05, 4.69) is 37.5 Å². The normalized spacial score (nSPS) is 12.0. The topological polar surface area (TPSA) is 77.3 Å². The molecule has 176 valence electrons. The van der Waals surface area contributed by atoms with Gasteiger partial charge >= 0.3 is 0 Å². The second-order valence-electron chi connectivity index (χ2n) is 7.92. The van der Waals surface area contributed by atoms with Crippen LogP contribution in [0, 0.1) is 13.8 Å². The SMILES string of the molecule is Cc1noc(C)c1C(=O)Nc1ncc(C(Oc2ccc3cc(Br)ccc3c2)c2ccc(Cl)cc2)s1. The molecule has 0 aliphatic carbocycles. The van der Waals surface area contributed by atoms with Gasteiger partial charge in [-0.2, -0.15) is 0 Å². The number of halogens is 2. The molecule has 0 spiro atoms. The highest BCUT2D eigenvalue weighted by atomic mass is 79.9. The quantitative estimate of drug-likeness (QED) is 0.227. The Labute approximate surface area is 219 Å². The molecular weight excluding hydrogens is 550 g/mol. The van der Waals surface area contributed by atoms with Gasteiger partial charge < -0.3 is 9.26 Å². The van der Waals surface area contributed by atoms with Crippen LogP contribution in [-0.2, 0) is 0 Å². The molecule has 9 heteroatoms. The first-order valence-electron chi connectivity index (χ1n) is 10.7. The van der Waals surface area contributed by atoms with E-state index in [1.807, 2.05) is 54.6 Å². The van der Waals surface area contributed by atoms with Gasteiger partial charge in [0, 0.05) is 15.7 Å². The highest BCUT2D eigenvalue weighted by Crippen LogP contribution is 2.35. The van der Waals surface area contributed by atoms with Crippen LogP contribution in [0.3, 0.4) is 0 Å². The van der Waals surface area contributed by atoms with Gasteiger partial charge in [-0.3, -0.25) is 10.1 Å². The predicted octanol–water partition coefficient (Wildman–Crippen LogP) is 7.74. The Morgan fingerprint density at radius 3 is 2.57 bits per heavy atom. The van der Waals surface area contributed by atoms with Gasteiger partial charge in [-0.05, 0) is 66.6 Å². The van der Waals surface area contributed by atoms with Crippen LogP contribution in [0.5, 0.6) is 5.75 Å². The minimum absolute atomic E-state index is 0.313. The van der Waals surface area contributed by atoms with Crippen molar-refractivity contribution < 1.29 is 14.1 Å². The van der Waals surface area contributed by atoms with Gasteiger partial charge in [0.05, 0.1) is 10.6 Å². The molecule has 0 bridgehead atoms. The Hall–Kier alpha value is -3.20. The van der Waals surface area contributed by atoms with Gasteiger partial charge in [0.2, 0.25) is 0 Å². The summed E-state index contributed by atoms with van der Waals surface area (Å²) in [4.78, 5) is 18.0. The number of thiazole rings is 1. The van der Waals surface area contributed by atoms with E-state index in [1.54, 1.807) is 20.0 Å². The van der Waals surface area contributed by atoms with Crippen molar-refractivity contribution in [3.63, 3.8) is 0 Å². The van der Waals surface area contributed by atoms with E-state index < -0.39 is 6.10 Å². The fourth-order valence-corrected chi connectivity index (χ4v) is 5.14. The maximum atomic E-state index is 12.7. The highest BCUT2D eigenvalue weighted by molar-refractivity contribution is 9.10. The first-order chi connectivity index (χ1) is 16.9. The molecule has 0 fully saturated rings. The van der Waals surface area contributed by atoms with Gasteiger partial charge in [0.25, 0.3) is 5.91 Å². The number of benzene rings is 3. The number of fused-ring (bicyclic) bond motifs is 1. The molecule has 3 aromatic carbocycles. The lowest BCUT2D eigenvalue weighted by molar-refractivity contribution is 0.102. The lowest BCUT2D eigenvalue weighted by atomic mass is 10.1. The number of rotatable bonds is 6. The molecule has 1 amide bonds. The molecule has 0 saturated heterocycles. The Morgan fingerprint density at radius 2 is 1.83 bits per heavy atom. The summed E-state index contributed by atoms with van der Waals surface area (Å²) in [5, 5.41) is 9.96. The zero-order valence-corrected chi connectivity index (χ0v) is 21.9. The number of hydrogen-bond acceptors (Lipinski definition) is 6. The average Bonchev–Trinajstić information content (AvgIpc) is 3.43. The summed E-state index contributed by atoms with van der Waals surface area (Å²) in [5.41, 5.74) is 1.86. The van der Waals surface area contributed by atoms with Gasteiger partial charge in [-0.15, -0.1) is 0 Å². The van der Waals surface area contributed by atoms with E-state index in [0.29, 0.717) is 27.2 Å². The van der Waals surface area contributed by atoms with E-state index in [4.69, 9.17) is 20.9 Å². The maximum absolute atomic E-state index is 12.7. The van der Waals surface area contributed by atoms with Crippen LogP contribution in [-0.4, -0.2) is 16.0 Å². The van der Waals surface area contributed by atoms with Gasteiger partial charge in [0.15, 0.2) is 11.2 Å². The molecule has 6 nitrogen and oxygen atoms in total. The number of carbonyl (C=O) groups excluding carboxylic acids is 1. The third-order valence-electron chi connectivity index (χ3n) is 5.46. The highest BCUT2D eigenvalue weighted by Gasteiger charge is 2.22. The second kappa shape index (κ2) is 9.81. The fraction of sp³-hybridized carbons (Fsp3) is 0.115. The molecule has 0 aliphatic rings. The molecule has 35 heavy (non-hydrogen) atoms. The standard InChI is InChI=1S/C26H19BrClN3O3S/c1-14-23(15(2)34-31-14)25(32)30-26-29-13-22(35-26)24(16-4-8-20(28)9-5-16)33-21-10-6-17-11-19(27)7-3-18(17)12-21/h3-13,24H,1-2H3,(H,29,30,32). The number of hydrogen-bond donors (Lipinski definition) is 1. The van der Waals surface area contributed by atoms with Gasteiger partial charge in [-0.1, -0.05) is 68.3 Å². The fourth-order valence-electron chi connectivity index (χ4n) is 3.76. The van der Waals surface area contributed by atoms with E-state index in [0.717, 1.165) is 31.4 Å². The summed E-state index contributed by atoms with van der Waals surface area (Å²) < 4.78 is 12.6. The number of nitrogens with zero attached hydrogens (tertiary/aromatic N) is 2. The monoisotopic (exact) mass is 567 g/mol. The minimum Gasteiger partial charge on any atom is -0.480 e. The number of ether oxygens (including phenoxy) is 1. The largest absolute Gasteiger partial charge is 0.480 e. The Bertz CT molecular complexity index is 1510. The van der Waals surface area contributed by atoms with Crippen LogP contribution in [0.4, 0.5) is 5.13 Å². The summed E-state index contributed by atoms with van der Waals surface area (Å²) in [5.74, 6) is 0.865. The number of amides is 1. The lowest BCUT2D eigenvalue weighted by Gasteiger charge is -2.19. The van der Waals surface area contributed by atoms with Crippen LogP contribution >= 0.6 is 38.9 Å². The summed E-state index contributed by atoms with van der Waals surface area (Å²) >= 11 is 11.0. The predicted molar refractivity (Wildman–Crippen MR) is 142 cm³/mol. The smallest absolute Gasteiger partial charge is 0.262 e. The van der Waals surface area contributed by atoms with Crippen molar-refractivity contribution in [1.82, 2.24) is 10.1 Å². The van der Waals surface area contributed by atoms with Crippen LogP contribution in [0.15, 0.2) is 75.9 Å². The molecule has 1 unspecified atom stereocenters. The van der Waals surface area contributed by atoms with Crippen molar-refractivity contribution in [2.75, 3.05) is 5.32 Å². The van der Waals surface area contributed by atoms with Crippen molar-refractivity contribution in [2.24, 2.45) is 0 Å². The van der Waals surface area contributed by atoms with Crippen molar-refractivity contribution in [1.29, 1.82) is 0 Å². The van der Waals surface area contributed by atoms with E-state index >= 15 is 0 Å². The Morgan fingerprint density at radius 1 is 1.09 bits per heavy atom. The first-order valence-corrected chi connectivity index (χ1v) is 12.7. The summed E-state index contributed by atoms with van der Waals surface area (Å²) in [6.45, 7) is 3.43. The number of aromatic nitrogens is 2. The minimum atomic E-state index is -0.442. The molecule has 1 N–H and O–H groups in total. The van der Waals surface area contributed by atoms with E-state index in [1.165, 1.54) is 11.3 Å². The maximum Gasteiger partial charge on any atom is 0.262 e. The van der Waals surface area contributed by atoms with Crippen LogP contribution in [0.25, 0.3) is 10.8 Å². The molecule has 1 atom stereocenters. The Kier molecular flexibility index (Phi) is 6.60. The van der Waals surface area contributed by atoms with E-state index in [9.17, 15) is 4.79 Å². The van der Waals surface area contributed by atoms with Crippen molar-refractivity contribution in [2.45, 2.75) is 20.0 Å². The number of aryl methyl sites for hydroxylation is 2. The molecule has 0 radical (unpaired) electrons. The second-order valence-corrected chi connectivity index (χ2v) is 10.3. The number of carbonyl (C=O) groups is 1. The van der Waals surface area contributed by atoms with Crippen LogP contribution in [0.2, 0.25) is 5.02 Å². The Balaban J connectivity index is 1.45. The van der Waals surface area contributed by atoms with Crippen LogP contribution < -0.4 is 10.1 Å². The van der Waals surface area contributed by atoms with Crippen LogP contribution in [0.1, 0.15) is 38.4 Å². The molecule has 2 aromatic heterocycles. The third kappa shape index (κ3) is 5.10. The lowest BCUT2D eigenvalue weighted by Crippen LogP contribution is -2.13. The number of nitrogens with one attached hydrogen (secondary N) is 1. The van der Waals surface area contributed by atoms with Crippen molar-refractivity contribution >= 4 is 60.7 Å². The van der Waals surface area contributed by atoms with Gasteiger partial charge in [-0.25, -0.2) is 4.98 Å². The number of anilines is 1. The van der Waals surface area contributed by atoms with E-state index in [-0.39, 0.29) is 5.91 Å². The van der Waals surface area contributed by atoms with Crippen molar-refractivity contribution in [3.8, 4) is 5.75 Å². The summed E-state index contributed by atoms with van der Waals surface area (Å²) in [6.07, 6.45) is 1.27. The molecule has 0 saturated carbocycles. The molecule has 5 aromatic rings. The zero-order valence-electron chi connectivity index (χ0n) is 18.7. The molecule has 0 aliphatic heterocycles. The van der Waals surface area contributed by atoms with Crippen molar-refractivity contribution in [3.05, 3.63) is 104 Å². The molecule has 2 heterocycles. The summed E-state index contributed by atoms with van der Waals surface area (Å²) in [6, 6.07) is 19.6. The third-order valence-corrected chi connectivity index (χ3v) is 7.16. The first kappa shape index (κ1) is 23.5. The average molecular weight is 569 g/mol. The zero-order chi connectivity index (χ0) is 24.5. The summed E-state index contributed by atoms with van der Waals surface area (Å²) in [7, 11) is 0. The molecule has 5 rings (SSSR count). The molecular formula is C26H19BrClN3O3S.